The maximum Gasteiger partial charge on any atom is 0.326 e. The summed E-state index contributed by atoms with van der Waals surface area (Å²) in [5.74, 6) is -1.50. The van der Waals surface area contributed by atoms with Crippen LogP contribution in [0.2, 0.25) is 0 Å². The third-order valence-corrected chi connectivity index (χ3v) is 1.75. The summed E-state index contributed by atoms with van der Waals surface area (Å²) >= 11 is 0. The number of carbonyl (C=O) groups is 2. The van der Waals surface area contributed by atoms with Gasteiger partial charge in [0.1, 0.15) is 6.04 Å². The van der Waals surface area contributed by atoms with E-state index in [-0.39, 0.29) is 17.1 Å². The monoisotopic (exact) mass is 263 g/mol. The number of aliphatic carboxylic acids is 1. The molecule has 1 atom stereocenters. The van der Waals surface area contributed by atoms with Gasteiger partial charge in [-0.05, 0) is 31.9 Å². The molecule has 1 amide bonds. The minimum Gasteiger partial charge on any atom is -0.480 e. The van der Waals surface area contributed by atoms with E-state index in [1.165, 1.54) is 0 Å². The molecule has 5 nitrogen and oxygen atoms in total. The molecule has 0 aliphatic carbocycles. The van der Waals surface area contributed by atoms with E-state index in [1.54, 1.807) is 0 Å². The van der Waals surface area contributed by atoms with Crippen LogP contribution >= 0.6 is 0 Å². The zero-order chi connectivity index (χ0) is 11.0. The molecule has 1 unspecified atom stereocenters. The minimum atomic E-state index is -1.03. The topological polar surface area (TPSA) is 92.4 Å². The fraction of sp³-hybridized carbons (Fsp3) is 0.556. The molecule has 0 aliphatic rings. The molecule has 0 aromatic heterocycles. The minimum absolute atomic E-state index is 0. The molecule has 91 valence electrons. The Balaban J connectivity index is 0. The van der Waals surface area contributed by atoms with Crippen molar-refractivity contribution in [2.75, 3.05) is 6.54 Å². The van der Waals surface area contributed by atoms with Gasteiger partial charge in [-0.25, -0.2) is 4.79 Å². The third-order valence-electron chi connectivity index (χ3n) is 1.75. The first-order valence-corrected chi connectivity index (χ1v) is 4.47. The van der Waals surface area contributed by atoms with E-state index in [0.717, 1.165) is 12.5 Å². The van der Waals surface area contributed by atoms with E-state index in [4.69, 9.17) is 10.8 Å². The first-order valence-electron chi connectivity index (χ1n) is 4.47. The smallest absolute Gasteiger partial charge is 0.326 e. The van der Waals surface area contributed by atoms with Gasteiger partial charge in [-0.3, -0.25) is 4.79 Å². The predicted molar refractivity (Wildman–Crippen MR) is 52.7 cm³/mol. The van der Waals surface area contributed by atoms with Crippen LogP contribution in [-0.2, 0) is 26.7 Å². The van der Waals surface area contributed by atoms with Crippen molar-refractivity contribution in [2.24, 2.45) is 5.73 Å². The fourth-order valence-electron chi connectivity index (χ4n) is 0.981. The summed E-state index contributed by atoms with van der Waals surface area (Å²) in [4.78, 5) is 21.5. The zero-order valence-electron chi connectivity index (χ0n) is 8.33. The number of hydrogen-bond acceptors (Lipinski definition) is 3. The second-order valence-corrected chi connectivity index (χ2v) is 2.89. The van der Waals surface area contributed by atoms with Crippen LogP contribution in [0, 0.1) is 0 Å². The van der Waals surface area contributed by atoms with Crippen molar-refractivity contribution in [1.82, 2.24) is 5.32 Å². The van der Waals surface area contributed by atoms with Crippen molar-refractivity contribution in [3.8, 4) is 0 Å². The molecule has 0 rings (SSSR count). The number of carbonyl (C=O) groups excluding carboxylic acids is 1. The van der Waals surface area contributed by atoms with E-state index in [0.29, 0.717) is 19.4 Å². The van der Waals surface area contributed by atoms with Crippen LogP contribution in [0.1, 0.15) is 19.3 Å². The Labute approximate surface area is 99.6 Å². The summed E-state index contributed by atoms with van der Waals surface area (Å²) < 4.78 is 0. The molecule has 0 aromatic carbocycles. The molecule has 4 N–H and O–H groups in total. The molecule has 0 saturated carbocycles. The average molecular weight is 264 g/mol. The van der Waals surface area contributed by atoms with Crippen LogP contribution in [-0.4, -0.2) is 29.6 Å². The Morgan fingerprint density at radius 2 is 2.07 bits per heavy atom. The summed E-state index contributed by atoms with van der Waals surface area (Å²) in [7, 11) is 0. The molecule has 0 aromatic rings. The van der Waals surface area contributed by atoms with Gasteiger partial charge in [0.05, 0.1) is 0 Å². The molecule has 0 aliphatic heterocycles. The summed E-state index contributed by atoms with van der Waals surface area (Å²) in [6.45, 7) is 3.77. The van der Waals surface area contributed by atoms with Crippen molar-refractivity contribution in [3.63, 3.8) is 0 Å². The standard InChI is InChI=1S/C9H16N2O3.Cu/c1-2-8(12)11-7(9(13)14)5-3-4-6-10;/h2,7H,1,3-6,10H2,(H,11,12)(H,13,14);. The Morgan fingerprint density at radius 1 is 1.47 bits per heavy atom. The second kappa shape index (κ2) is 9.70. The normalized spacial score (nSPS) is 11.0. The number of carboxylic acids is 1. The molecule has 0 heterocycles. The van der Waals surface area contributed by atoms with Crippen molar-refractivity contribution in [3.05, 3.63) is 12.7 Å². The Kier molecular flexibility index (Phi) is 10.7. The first-order chi connectivity index (χ1) is 6.61. The number of rotatable bonds is 7. The molecular weight excluding hydrogens is 248 g/mol. The molecule has 15 heavy (non-hydrogen) atoms. The van der Waals surface area contributed by atoms with Crippen molar-refractivity contribution in [2.45, 2.75) is 25.3 Å². The summed E-state index contributed by atoms with van der Waals surface area (Å²) in [5, 5.41) is 11.1. The van der Waals surface area contributed by atoms with Gasteiger partial charge in [0.2, 0.25) is 5.91 Å². The first kappa shape index (κ1) is 16.6. The van der Waals surface area contributed by atoms with Crippen LogP contribution in [0.5, 0.6) is 0 Å². The van der Waals surface area contributed by atoms with Gasteiger partial charge in [0.25, 0.3) is 0 Å². The maximum atomic E-state index is 10.8. The molecule has 6 heteroatoms. The van der Waals surface area contributed by atoms with Crippen LogP contribution < -0.4 is 11.1 Å². The van der Waals surface area contributed by atoms with Crippen molar-refractivity contribution >= 4 is 11.9 Å². The van der Waals surface area contributed by atoms with Crippen LogP contribution in [0.3, 0.4) is 0 Å². The van der Waals surface area contributed by atoms with Crippen LogP contribution in [0.25, 0.3) is 0 Å². The van der Waals surface area contributed by atoms with Gasteiger partial charge in [-0.15, -0.1) is 0 Å². The summed E-state index contributed by atoms with van der Waals surface area (Å²) in [6, 6.07) is -0.841. The summed E-state index contributed by atoms with van der Waals surface area (Å²) in [5.41, 5.74) is 5.27. The molecule has 1 radical (unpaired) electrons. The number of amides is 1. The molecule has 0 fully saturated rings. The summed E-state index contributed by atoms with van der Waals surface area (Å²) in [6.07, 6.45) is 2.89. The number of hydrogen-bond donors (Lipinski definition) is 3. The SMILES string of the molecule is C=CC(=O)NC(CCCCN)C(=O)O.[Cu]. The fourth-order valence-corrected chi connectivity index (χ4v) is 0.981. The van der Waals surface area contributed by atoms with E-state index >= 15 is 0 Å². The molecule has 0 saturated heterocycles. The van der Waals surface area contributed by atoms with E-state index < -0.39 is 17.9 Å². The predicted octanol–water partition coefficient (Wildman–Crippen LogP) is -0.132. The van der Waals surface area contributed by atoms with E-state index in [1.807, 2.05) is 0 Å². The number of carboxylic acid groups (broad SMARTS) is 1. The molecular formula is C9H16CuN2O3. The number of nitrogens with one attached hydrogen (secondary N) is 1. The van der Waals surface area contributed by atoms with Gasteiger partial charge < -0.3 is 16.2 Å². The van der Waals surface area contributed by atoms with Gasteiger partial charge >= 0.3 is 5.97 Å². The van der Waals surface area contributed by atoms with Gasteiger partial charge in [0.15, 0.2) is 0 Å². The maximum absolute atomic E-state index is 10.8. The van der Waals surface area contributed by atoms with Gasteiger partial charge in [-0.2, -0.15) is 0 Å². The largest absolute Gasteiger partial charge is 0.480 e. The molecule has 0 bridgehead atoms. The Morgan fingerprint density at radius 3 is 2.47 bits per heavy atom. The van der Waals surface area contributed by atoms with Crippen molar-refractivity contribution < 1.29 is 31.8 Å². The number of unbranched alkanes of at least 4 members (excludes halogenated alkanes) is 1. The second-order valence-electron chi connectivity index (χ2n) is 2.89. The Hall–Kier alpha value is -0.841. The third kappa shape index (κ3) is 8.17. The zero-order valence-corrected chi connectivity index (χ0v) is 9.27. The molecule has 0 spiro atoms. The quantitative estimate of drug-likeness (QED) is 0.339. The van der Waals surface area contributed by atoms with Crippen LogP contribution in [0.4, 0.5) is 0 Å². The average Bonchev–Trinajstić information content (AvgIpc) is 2.16. The van der Waals surface area contributed by atoms with Gasteiger partial charge in [-0.1, -0.05) is 6.58 Å². The van der Waals surface area contributed by atoms with Crippen LogP contribution in [0.15, 0.2) is 12.7 Å². The van der Waals surface area contributed by atoms with E-state index in [2.05, 4.69) is 11.9 Å². The van der Waals surface area contributed by atoms with Gasteiger partial charge in [0, 0.05) is 17.1 Å². The Bertz CT molecular complexity index is 221. The van der Waals surface area contributed by atoms with Crippen molar-refractivity contribution in [1.29, 1.82) is 0 Å². The number of nitrogens with two attached hydrogens (primary N) is 1. The van der Waals surface area contributed by atoms with E-state index in [9.17, 15) is 9.59 Å².